The van der Waals surface area contributed by atoms with E-state index in [0.717, 1.165) is 4.68 Å². The van der Waals surface area contributed by atoms with E-state index in [-0.39, 0.29) is 11.3 Å². The average Bonchev–Trinajstić information content (AvgIpc) is 2.65. The molecule has 1 amide bonds. The van der Waals surface area contributed by atoms with E-state index in [1.165, 1.54) is 14.0 Å². The largest absolute Gasteiger partial charge is 0.448 e. The predicted molar refractivity (Wildman–Crippen MR) is 96.9 cm³/mol. The highest BCUT2D eigenvalue weighted by Crippen LogP contribution is 2.15. The Morgan fingerprint density at radius 1 is 1.04 bits per heavy atom. The van der Waals surface area contributed by atoms with Crippen LogP contribution in [0, 0.1) is 0 Å². The van der Waals surface area contributed by atoms with Gasteiger partial charge in [0.15, 0.2) is 11.8 Å². The summed E-state index contributed by atoms with van der Waals surface area (Å²) in [7, 11) is 1.46. The number of fused-ring (bicyclic) bond motifs is 1. The molecule has 0 saturated heterocycles. The highest BCUT2D eigenvalue weighted by atomic mass is 16.5. The summed E-state index contributed by atoms with van der Waals surface area (Å²) in [6.07, 6.45) is -1.03. The maximum atomic E-state index is 12.5. The summed E-state index contributed by atoms with van der Waals surface area (Å²) < 4.78 is 6.32. The molecule has 0 aliphatic heterocycles. The van der Waals surface area contributed by atoms with Gasteiger partial charge in [-0.2, -0.15) is 5.10 Å². The van der Waals surface area contributed by atoms with Gasteiger partial charge in [-0.15, -0.1) is 0 Å². The fraction of sp³-hybridized carbons (Fsp3) is 0.158. The smallest absolute Gasteiger partial charge is 0.360 e. The Kier molecular flexibility index (Phi) is 4.79. The van der Waals surface area contributed by atoms with E-state index in [4.69, 9.17) is 4.74 Å². The molecule has 0 radical (unpaired) electrons. The minimum absolute atomic E-state index is 0.0120. The van der Waals surface area contributed by atoms with E-state index in [9.17, 15) is 14.4 Å². The molecule has 1 unspecified atom stereocenters. The summed E-state index contributed by atoms with van der Waals surface area (Å²) in [6, 6.07) is 15.5. The molecule has 132 valence electrons. The third kappa shape index (κ3) is 3.46. The van der Waals surface area contributed by atoms with Gasteiger partial charge in [-0.25, -0.2) is 9.48 Å². The number of ether oxygens (including phenoxy) is 1. The van der Waals surface area contributed by atoms with Crippen LogP contribution in [0.15, 0.2) is 59.4 Å². The van der Waals surface area contributed by atoms with E-state index in [1.54, 1.807) is 48.5 Å². The fourth-order valence-corrected chi connectivity index (χ4v) is 2.49. The summed E-state index contributed by atoms with van der Waals surface area (Å²) >= 11 is 0. The Labute approximate surface area is 149 Å². The average molecular weight is 351 g/mol. The molecule has 0 spiro atoms. The zero-order valence-electron chi connectivity index (χ0n) is 14.3. The molecule has 0 bridgehead atoms. The Morgan fingerprint density at radius 3 is 2.35 bits per heavy atom. The summed E-state index contributed by atoms with van der Waals surface area (Å²) in [5.41, 5.74) is 0.278. The van der Waals surface area contributed by atoms with E-state index in [0.29, 0.717) is 16.5 Å². The zero-order chi connectivity index (χ0) is 18.7. The van der Waals surface area contributed by atoms with Crippen LogP contribution < -0.4 is 10.9 Å². The predicted octanol–water partition coefficient (Wildman–Crippen LogP) is 2.12. The van der Waals surface area contributed by atoms with Gasteiger partial charge in [-0.05, 0) is 25.1 Å². The van der Waals surface area contributed by atoms with Crippen LogP contribution in [0.1, 0.15) is 17.4 Å². The molecule has 7 heteroatoms. The van der Waals surface area contributed by atoms with Crippen LogP contribution in [0.25, 0.3) is 10.8 Å². The van der Waals surface area contributed by atoms with Crippen molar-refractivity contribution in [3.63, 3.8) is 0 Å². The number of carbonyl (C=O) groups is 2. The maximum absolute atomic E-state index is 12.5. The zero-order valence-corrected chi connectivity index (χ0v) is 14.3. The topological polar surface area (TPSA) is 90.3 Å². The first kappa shape index (κ1) is 17.3. The van der Waals surface area contributed by atoms with Gasteiger partial charge in [0.05, 0.1) is 5.39 Å². The van der Waals surface area contributed by atoms with Crippen molar-refractivity contribution in [1.29, 1.82) is 0 Å². The Hall–Kier alpha value is -3.48. The molecule has 26 heavy (non-hydrogen) atoms. The van der Waals surface area contributed by atoms with Crippen LogP contribution >= 0.6 is 0 Å². The number of aryl methyl sites for hydroxylation is 1. The number of benzene rings is 2. The Balaban J connectivity index is 1.82. The molecular formula is C19H17N3O4. The molecule has 1 N–H and O–H groups in total. The number of esters is 1. The van der Waals surface area contributed by atoms with Gasteiger partial charge in [0.2, 0.25) is 0 Å². The van der Waals surface area contributed by atoms with Gasteiger partial charge in [0.1, 0.15) is 0 Å². The highest BCUT2D eigenvalue weighted by Gasteiger charge is 2.22. The lowest BCUT2D eigenvalue weighted by Crippen LogP contribution is -2.31. The van der Waals surface area contributed by atoms with Crippen molar-refractivity contribution in [3.8, 4) is 0 Å². The first-order chi connectivity index (χ1) is 12.5. The van der Waals surface area contributed by atoms with Crippen LogP contribution in [0.3, 0.4) is 0 Å². The van der Waals surface area contributed by atoms with Crippen LogP contribution in [0.5, 0.6) is 0 Å². The standard InChI is InChI=1S/C19H17N3O4/c1-12(17(23)20-13-8-4-3-5-9-13)26-19(25)16-14-10-6-7-11-15(14)18(24)22(2)21-16/h3-12H,1-2H3,(H,20,23). The van der Waals surface area contributed by atoms with Crippen LogP contribution in [-0.2, 0) is 16.6 Å². The third-order valence-electron chi connectivity index (χ3n) is 3.84. The van der Waals surface area contributed by atoms with E-state index >= 15 is 0 Å². The molecule has 1 heterocycles. The molecule has 3 aromatic rings. The van der Waals surface area contributed by atoms with Gasteiger partial charge < -0.3 is 10.1 Å². The number of anilines is 1. The second-order valence-electron chi connectivity index (χ2n) is 5.73. The molecule has 0 saturated carbocycles. The lowest BCUT2D eigenvalue weighted by atomic mass is 10.1. The summed E-state index contributed by atoms with van der Waals surface area (Å²) in [4.78, 5) is 36.8. The molecular weight excluding hydrogens is 334 g/mol. The van der Waals surface area contributed by atoms with Crippen molar-refractivity contribution in [2.24, 2.45) is 7.05 Å². The molecule has 0 fully saturated rings. The van der Waals surface area contributed by atoms with Crippen molar-refractivity contribution in [2.75, 3.05) is 5.32 Å². The summed E-state index contributed by atoms with van der Waals surface area (Å²) in [5, 5.41) is 7.40. The maximum Gasteiger partial charge on any atom is 0.360 e. The molecule has 1 atom stereocenters. The minimum Gasteiger partial charge on any atom is -0.448 e. The Morgan fingerprint density at radius 2 is 1.65 bits per heavy atom. The van der Waals surface area contributed by atoms with E-state index in [2.05, 4.69) is 10.4 Å². The number of nitrogens with zero attached hydrogens (tertiary/aromatic N) is 2. The van der Waals surface area contributed by atoms with Crippen LogP contribution in [0.4, 0.5) is 5.69 Å². The van der Waals surface area contributed by atoms with E-state index in [1.807, 2.05) is 6.07 Å². The van der Waals surface area contributed by atoms with Gasteiger partial charge in [0.25, 0.3) is 11.5 Å². The number of nitrogens with one attached hydrogen (secondary N) is 1. The molecule has 2 aromatic carbocycles. The molecule has 0 aliphatic rings. The van der Waals surface area contributed by atoms with Gasteiger partial charge in [-0.1, -0.05) is 36.4 Å². The van der Waals surface area contributed by atoms with Crippen LogP contribution in [-0.4, -0.2) is 27.8 Å². The first-order valence-corrected chi connectivity index (χ1v) is 8.00. The Bertz CT molecular complexity index is 1030. The first-order valence-electron chi connectivity index (χ1n) is 8.00. The minimum atomic E-state index is -1.03. The van der Waals surface area contributed by atoms with Gasteiger partial charge in [0, 0.05) is 18.1 Å². The van der Waals surface area contributed by atoms with Gasteiger partial charge >= 0.3 is 5.97 Å². The van der Waals surface area contributed by atoms with Crippen molar-refractivity contribution < 1.29 is 14.3 Å². The lowest BCUT2D eigenvalue weighted by molar-refractivity contribution is -0.123. The third-order valence-corrected chi connectivity index (χ3v) is 3.84. The molecule has 7 nitrogen and oxygen atoms in total. The molecule has 3 rings (SSSR count). The summed E-state index contributed by atoms with van der Waals surface area (Å²) in [5.74, 6) is -1.23. The van der Waals surface area contributed by atoms with Crippen molar-refractivity contribution in [1.82, 2.24) is 9.78 Å². The molecule has 1 aromatic heterocycles. The van der Waals surface area contributed by atoms with Crippen molar-refractivity contribution in [2.45, 2.75) is 13.0 Å². The number of para-hydroxylation sites is 1. The van der Waals surface area contributed by atoms with Gasteiger partial charge in [-0.3, -0.25) is 9.59 Å². The number of hydrogen-bond donors (Lipinski definition) is 1. The fourth-order valence-electron chi connectivity index (χ4n) is 2.49. The lowest BCUT2D eigenvalue weighted by Gasteiger charge is -2.14. The number of amides is 1. The highest BCUT2D eigenvalue weighted by molar-refractivity contribution is 6.03. The normalized spacial score (nSPS) is 11.8. The van der Waals surface area contributed by atoms with Crippen LogP contribution in [0.2, 0.25) is 0 Å². The number of rotatable bonds is 4. The SMILES string of the molecule is CC(OC(=O)c1nn(C)c(=O)c2ccccc12)C(=O)Nc1ccccc1. The summed E-state index contributed by atoms with van der Waals surface area (Å²) in [6.45, 7) is 1.47. The number of hydrogen-bond acceptors (Lipinski definition) is 5. The van der Waals surface area contributed by atoms with Crippen molar-refractivity contribution in [3.05, 3.63) is 70.6 Å². The van der Waals surface area contributed by atoms with Crippen molar-refractivity contribution >= 4 is 28.3 Å². The second kappa shape index (κ2) is 7.18. The number of aromatic nitrogens is 2. The second-order valence-corrected chi connectivity index (χ2v) is 5.73. The quantitative estimate of drug-likeness (QED) is 0.727. The monoisotopic (exact) mass is 351 g/mol. The number of carbonyl (C=O) groups excluding carboxylic acids is 2. The molecule has 0 aliphatic carbocycles. The van der Waals surface area contributed by atoms with E-state index < -0.39 is 18.0 Å².